The van der Waals surface area contributed by atoms with Gasteiger partial charge in [0.25, 0.3) is 0 Å². The molecule has 5 heteroatoms. The first-order chi connectivity index (χ1) is 5.20. The number of hydrogen-bond acceptors (Lipinski definition) is 4. The molecule has 0 radical (unpaired) electrons. The van der Waals surface area contributed by atoms with E-state index >= 15 is 0 Å². The Balaban J connectivity index is 3.30. The maximum absolute atomic E-state index is 10.7. The molecule has 0 saturated heterocycles. The van der Waals surface area contributed by atoms with Crippen LogP contribution in [0.15, 0.2) is 0 Å². The molecule has 0 aromatic heterocycles. The fourth-order valence-electron chi connectivity index (χ4n) is 0.534. The van der Waals surface area contributed by atoms with E-state index in [0.29, 0.717) is 6.54 Å². The van der Waals surface area contributed by atoms with Gasteiger partial charge in [0.05, 0.1) is 6.10 Å². The first-order valence-electron chi connectivity index (χ1n) is 3.55. The molecule has 0 saturated carbocycles. The second kappa shape index (κ2) is 6.09. The maximum atomic E-state index is 10.7. The van der Waals surface area contributed by atoms with Gasteiger partial charge in [0.1, 0.15) is 0 Å². The van der Waals surface area contributed by atoms with Gasteiger partial charge in [0, 0.05) is 26.1 Å². The quantitative estimate of drug-likeness (QED) is 0.366. The third kappa shape index (κ3) is 5.78. The number of rotatable bonds is 5. The zero-order chi connectivity index (χ0) is 8.69. The molecule has 1 atom stereocenters. The summed E-state index contributed by atoms with van der Waals surface area (Å²) in [6.45, 7) is 0.683. The van der Waals surface area contributed by atoms with Crippen LogP contribution >= 0.6 is 0 Å². The van der Waals surface area contributed by atoms with E-state index in [1.165, 1.54) is 0 Å². The highest BCUT2D eigenvalue weighted by Crippen LogP contribution is 1.78. The summed E-state index contributed by atoms with van der Waals surface area (Å²) in [5.74, 6) is -0.153. The summed E-state index contributed by atoms with van der Waals surface area (Å²) in [5.41, 5.74) is 10.2. The number of carbonyl (C=O) groups is 1. The Kier molecular flexibility index (Phi) is 5.73. The number of aliphatic hydroxyl groups excluding tert-OH is 1. The Labute approximate surface area is 65.7 Å². The fourth-order valence-corrected chi connectivity index (χ4v) is 0.534. The summed E-state index contributed by atoms with van der Waals surface area (Å²) in [6.07, 6.45) is -0.367. The highest BCUT2D eigenvalue weighted by Gasteiger charge is 2.03. The molecule has 0 aliphatic heterocycles. The minimum Gasteiger partial charge on any atom is -0.390 e. The molecule has 5 nitrogen and oxygen atoms in total. The summed E-state index contributed by atoms with van der Waals surface area (Å²) >= 11 is 0. The van der Waals surface area contributed by atoms with E-state index in [2.05, 4.69) is 5.32 Å². The van der Waals surface area contributed by atoms with Crippen LogP contribution < -0.4 is 16.8 Å². The van der Waals surface area contributed by atoms with Gasteiger partial charge in [-0.15, -0.1) is 0 Å². The van der Waals surface area contributed by atoms with Crippen molar-refractivity contribution in [1.82, 2.24) is 5.32 Å². The number of carbonyl (C=O) groups excluding carboxylic acids is 1. The molecule has 0 aliphatic carbocycles. The first-order valence-corrected chi connectivity index (χ1v) is 3.55. The molecule has 6 N–H and O–H groups in total. The Hall–Kier alpha value is -0.650. The van der Waals surface area contributed by atoms with E-state index in [-0.39, 0.29) is 25.4 Å². The molecular formula is C6H15N3O2. The molecular weight excluding hydrogens is 146 g/mol. The fraction of sp³-hybridized carbons (Fsp3) is 0.833. The third-order valence-electron chi connectivity index (χ3n) is 1.18. The normalized spacial score (nSPS) is 12.6. The zero-order valence-corrected chi connectivity index (χ0v) is 6.42. The second-order valence-electron chi connectivity index (χ2n) is 2.23. The van der Waals surface area contributed by atoms with Crippen molar-refractivity contribution in [2.45, 2.75) is 12.5 Å². The van der Waals surface area contributed by atoms with E-state index in [0.717, 1.165) is 0 Å². The van der Waals surface area contributed by atoms with Crippen molar-refractivity contribution in [3.05, 3.63) is 0 Å². The number of nitrogens with two attached hydrogens (primary N) is 2. The lowest BCUT2D eigenvalue weighted by Crippen LogP contribution is -2.36. The monoisotopic (exact) mass is 161 g/mol. The minimum atomic E-state index is -0.656. The van der Waals surface area contributed by atoms with Crippen molar-refractivity contribution < 1.29 is 9.90 Å². The van der Waals surface area contributed by atoms with Crippen molar-refractivity contribution in [2.75, 3.05) is 19.6 Å². The highest BCUT2D eigenvalue weighted by molar-refractivity contribution is 5.76. The SMILES string of the molecule is NCCC(=O)NCC(O)CN. The lowest BCUT2D eigenvalue weighted by Gasteiger charge is -2.08. The van der Waals surface area contributed by atoms with Crippen LogP contribution in [-0.2, 0) is 4.79 Å². The van der Waals surface area contributed by atoms with Gasteiger partial charge in [0.15, 0.2) is 0 Å². The lowest BCUT2D eigenvalue weighted by molar-refractivity contribution is -0.121. The first kappa shape index (κ1) is 10.3. The summed E-state index contributed by atoms with van der Waals surface area (Å²) in [4.78, 5) is 10.7. The van der Waals surface area contributed by atoms with Crippen molar-refractivity contribution in [3.8, 4) is 0 Å². The van der Waals surface area contributed by atoms with Crippen molar-refractivity contribution >= 4 is 5.91 Å². The van der Waals surface area contributed by atoms with Crippen LogP contribution in [0.25, 0.3) is 0 Å². The van der Waals surface area contributed by atoms with E-state index < -0.39 is 6.10 Å². The predicted molar refractivity (Wildman–Crippen MR) is 41.7 cm³/mol. The van der Waals surface area contributed by atoms with Gasteiger partial charge in [-0.1, -0.05) is 0 Å². The van der Waals surface area contributed by atoms with Gasteiger partial charge >= 0.3 is 0 Å². The average molecular weight is 161 g/mol. The molecule has 1 amide bonds. The largest absolute Gasteiger partial charge is 0.390 e. The van der Waals surface area contributed by atoms with Crippen molar-refractivity contribution in [3.63, 3.8) is 0 Å². The molecule has 0 aliphatic rings. The molecule has 0 fully saturated rings. The van der Waals surface area contributed by atoms with E-state index in [1.807, 2.05) is 0 Å². The average Bonchev–Trinajstić information content (AvgIpc) is 2.01. The Bertz CT molecular complexity index is 118. The maximum Gasteiger partial charge on any atom is 0.221 e. The zero-order valence-electron chi connectivity index (χ0n) is 6.42. The summed E-state index contributed by atoms with van der Waals surface area (Å²) in [7, 11) is 0. The standard InChI is InChI=1S/C6H15N3O2/c7-2-1-6(11)9-4-5(10)3-8/h5,10H,1-4,7-8H2,(H,9,11). The van der Waals surface area contributed by atoms with E-state index in [1.54, 1.807) is 0 Å². The minimum absolute atomic E-state index is 0.153. The summed E-state index contributed by atoms with van der Waals surface area (Å²) < 4.78 is 0. The Morgan fingerprint density at radius 2 is 2.18 bits per heavy atom. The molecule has 0 aromatic carbocycles. The van der Waals surface area contributed by atoms with Crippen LogP contribution in [0, 0.1) is 0 Å². The molecule has 1 unspecified atom stereocenters. The third-order valence-corrected chi connectivity index (χ3v) is 1.18. The van der Waals surface area contributed by atoms with Crippen LogP contribution in [0.1, 0.15) is 6.42 Å². The van der Waals surface area contributed by atoms with Crippen LogP contribution in [0.2, 0.25) is 0 Å². The predicted octanol–water partition coefficient (Wildman–Crippen LogP) is -2.23. The van der Waals surface area contributed by atoms with Crippen molar-refractivity contribution in [2.24, 2.45) is 11.5 Å². The van der Waals surface area contributed by atoms with Gasteiger partial charge in [-0.05, 0) is 0 Å². The van der Waals surface area contributed by atoms with Gasteiger partial charge in [-0.2, -0.15) is 0 Å². The lowest BCUT2D eigenvalue weighted by atomic mass is 10.3. The number of nitrogens with one attached hydrogen (secondary N) is 1. The van der Waals surface area contributed by atoms with Crippen LogP contribution in [0.4, 0.5) is 0 Å². The molecule has 66 valence electrons. The number of aliphatic hydroxyl groups is 1. The summed E-state index contributed by atoms with van der Waals surface area (Å²) in [6, 6.07) is 0. The summed E-state index contributed by atoms with van der Waals surface area (Å²) in [5, 5.41) is 11.4. The smallest absolute Gasteiger partial charge is 0.221 e. The van der Waals surface area contributed by atoms with E-state index in [9.17, 15) is 4.79 Å². The molecule has 11 heavy (non-hydrogen) atoms. The van der Waals surface area contributed by atoms with Crippen LogP contribution in [-0.4, -0.2) is 36.8 Å². The Morgan fingerprint density at radius 3 is 2.64 bits per heavy atom. The van der Waals surface area contributed by atoms with Crippen LogP contribution in [0.5, 0.6) is 0 Å². The van der Waals surface area contributed by atoms with Gasteiger partial charge in [0.2, 0.25) is 5.91 Å². The van der Waals surface area contributed by atoms with Gasteiger partial charge in [-0.25, -0.2) is 0 Å². The molecule has 0 bridgehead atoms. The molecule has 0 heterocycles. The van der Waals surface area contributed by atoms with Crippen LogP contribution in [0.3, 0.4) is 0 Å². The van der Waals surface area contributed by atoms with Gasteiger partial charge in [-0.3, -0.25) is 4.79 Å². The molecule has 0 spiro atoms. The van der Waals surface area contributed by atoms with Crippen molar-refractivity contribution in [1.29, 1.82) is 0 Å². The number of amides is 1. The number of hydrogen-bond donors (Lipinski definition) is 4. The highest BCUT2D eigenvalue weighted by atomic mass is 16.3. The second-order valence-corrected chi connectivity index (χ2v) is 2.23. The van der Waals surface area contributed by atoms with E-state index in [4.69, 9.17) is 16.6 Å². The Morgan fingerprint density at radius 1 is 1.55 bits per heavy atom. The molecule has 0 aromatic rings. The molecule has 0 rings (SSSR count). The topological polar surface area (TPSA) is 101 Å². The van der Waals surface area contributed by atoms with Gasteiger partial charge < -0.3 is 21.9 Å².